The first-order valence-electron chi connectivity index (χ1n) is 11.1. The van der Waals surface area contributed by atoms with E-state index >= 15 is 0 Å². The number of amides is 1. The number of rotatable bonds is 18. The van der Waals surface area contributed by atoms with Gasteiger partial charge in [0.1, 0.15) is 0 Å². The summed E-state index contributed by atoms with van der Waals surface area (Å²) in [7, 11) is -3.43. The standard InChI is InChI=1S/C21H39N3O6P2/c1-6-27-31(28-7-2)21(32(26,29-8-3)30-9-4)23-20(25)16-13-17-24(5)22-18-19-14-11-10-12-15-19/h10-12,14-15,21-22H,6-9,13,16-18H2,1-5H3,(H,23,25). The predicted molar refractivity (Wildman–Crippen MR) is 128 cm³/mol. The van der Waals surface area contributed by atoms with Crippen molar-refractivity contribution in [1.29, 1.82) is 0 Å². The molecule has 1 aromatic rings. The van der Waals surface area contributed by atoms with Crippen LogP contribution in [0.15, 0.2) is 30.3 Å². The molecule has 32 heavy (non-hydrogen) atoms. The van der Waals surface area contributed by atoms with E-state index < -0.39 is 21.5 Å². The maximum Gasteiger partial charge on any atom is 0.361 e. The number of hydrogen-bond donors (Lipinski definition) is 2. The Morgan fingerprint density at radius 3 is 2.16 bits per heavy atom. The Balaban J connectivity index is 2.66. The average molecular weight is 492 g/mol. The number of hydrazine groups is 1. The summed E-state index contributed by atoms with van der Waals surface area (Å²) in [6, 6.07) is 10.1. The molecule has 0 aromatic heterocycles. The number of hydrogen-bond acceptors (Lipinski definition) is 8. The molecule has 0 aliphatic rings. The van der Waals surface area contributed by atoms with Crippen LogP contribution in [0, 0.1) is 0 Å². The highest BCUT2D eigenvalue weighted by atomic mass is 31.2. The summed E-state index contributed by atoms with van der Waals surface area (Å²) in [5, 5.41) is 4.77. The van der Waals surface area contributed by atoms with Crippen molar-refractivity contribution in [3.63, 3.8) is 0 Å². The normalized spacial score (nSPS) is 13.0. The molecule has 1 aromatic carbocycles. The van der Waals surface area contributed by atoms with Gasteiger partial charge in [-0.1, -0.05) is 30.3 Å². The summed E-state index contributed by atoms with van der Waals surface area (Å²) in [6.45, 7) is 9.55. The van der Waals surface area contributed by atoms with Gasteiger partial charge < -0.3 is 23.4 Å². The van der Waals surface area contributed by atoms with Crippen LogP contribution in [0.25, 0.3) is 0 Å². The van der Waals surface area contributed by atoms with Gasteiger partial charge in [-0.05, 0) is 39.7 Å². The van der Waals surface area contributed by atoms with E-state index in [4.69, 9.17) is 18.1 Å². The Bertz CT molecular complexity index is 667. The SMILES string of the molecule is CCOP(OCC)C(NC(=O)CCCN(C)NCc1ccccc1)P(=O)(OCC)OCC. The molecule has 0 aliphatic carbocycles. The van der Waals surface area contributed by atoms with Crippen molar-refractivity contribution in [2.75, 3.05) is 40.0 Å². The molecule has 0 bridgehead atoms. The summed E-state index contributed by atoms with van der Waals surface area (Å²) in [4.78, 5) is 12.7. The van der Waals surface area contributed by atoms with Crippen LogP contribution in [0.1, 0.15) is 46.1 Å². The average Bonchev–Trinajstić information content (AvgIpc) is 2.77. The van der Waals surface area contributed by atoms with E-state index in [1.54, 1.807) is 13.8 Å². The number of benzene rings is 1. The van der Waals surface area contributed by atoms with Gasteiger partial charge in [-0.25, -0.2) is 5.01 Å². The van der Waals surface area contributed by atoms with Gasteiger partial charge in [0.15, 0.2) is 0 Å². The first-order valence-corrected chi connectivity index (χ1v) is 14.0. The van der Waals surface area contributed by atoms with E-state index in [-0.39, 0.29) is 25.5 Å². The monoisotopic (exact) mass is 491 g/mol. The van der Waals surface area contributed by atoms with Crippen LogP contribution in [0.5, 0.6) is 0 Å². The Morgan fingerprint density at radius 2 is 1.62 bits per heavy atom. The minimum Gasteiger partial charge on any atom is -0.335 e. The van der Waals surface area contributed by atoms with E-state index in [9.17, 15) is 9.36 Å². The van der Waals surface area contributed by atoms with Gasteiger partial charge in [0, 0.05) is 26.6 Å². The summed E-state index contributed by atoms with van der Waals surface area (Å²) in [6.07, 6.45) is 0.874. The van der Waals surface area contributed by atoms with Crippen LogP contribution >= 0.6 is 16.0 Å². The first-order chi connectivity index (χ1) is 15.4. The third-order valence-corrected chi connectivity index (χ3v) is 9.15. The van der Waals surface area contributed by atoms with Crippen molar-refractivity contribution >= 4 is 21.9 Å². The maximum absolute atomic E-state index is 13.4. The van der Waals surface area contributed by atoms with Crippen LogP contribution in [0.2, 0.25) is 0 Å². The molecule has 2 N–H and O–H groups in total. The van der Waals surface area contributed by atoms with Gasteiger partial charge in [0.25, 0.3) is 0 Å². The van der Waals surface area contributed by atoms with Crippen molar-refractivity contribution in [3.8, 4) is 0 Å². The van der Waals surface area contributed by atoms with Gasteiger partial charge >= 0.3 is 7.60 Å². The molecule has 0 spiro atoms. The molecule has 1 atom stereocenters. The lowest BCUT2D eigenvalue weighted by molar-refractivity contribution is -0.121. The molecule has 184 valence electrons. The minimum atomic E-state index is -3.67. The third-order valence-electron chi connectivity index (χ3n) is 4.21. The maximum atomic E-state index is 13.4. The zero-order valence-corrected chi connectivity index (χ0v) is 21.7. The lowest BCUT2D eigenvalue weighted by atomic mass is 10.2. The fraction of sp³-hybridized carbons (Fsp3) is 0.667. The van der Waals surface area contributed by atoms with Crippen LogP contribution in [0.3, 0.4) is 0 Å². The molecule has 0 fully saturated rings. The molecule has 1 amide bonds. The van der Waals surface area contributed by atoms with Crippen molar-refractivity contribution in [2.24, 2.45) is 0 Å². The van der Waals surface area contributed by atoms with Crippen molar-refractivity contribution < 1.29 is 27.5 Å². The predicted octanol–water partition coefficient (Wildman–Crippen LogP) is 4.45. The molecule has 1 unspecified atom stereocenters. The largest absolute Gasteiger partial charge is 0.361 e. The van der Waals surface area contributed by atoms with Crippen LogP contribution in [-0.4, -0.2) is 56.5 Å². The van der Waals surface area contributed by atoms with E-state index in [0.29, 0.717) is 32.7 Å². The summed E-state index contributed by atoms with van der Waals surface area (Å²) < 4.78 is 35.7. The zero-order chi connectivity index (χ0) is 23.8. The van der Waals surface area contributed by atoms with Crippen LogP contribution in [0.4, 0.5) is 0 Å². The Labute approximate surface area is 193 Å². The molecule has 0 saturated heterocycles. The molecule has 0 aliphatic heterocycles. The summed E-state index contributed by atoms with van der Waals surface area (Å²) in [5.74, 6) is -0.252. The lowest BCUT2D eigenvalue weighted by Gasteiger charge is -2.31. The smallest absolute Gasteiger partial charge is 0.335 e. The molecule has 0 heterocycles. The number of nitrogens with zero attached hydrogens (tertiary/aromatic N) is 1. The second-order valence-electron chi connectivity index (χ2n) is 6.78. The first kappa shape index (κ1) is 29.1. The fourth-order valence-electron chi connectivity index (χ4n) is 2.81. The highest BCUT2D eigenvalue weighted by Gasteiger charge is 2.44. The molecule has 9 nitrogen and oxygen atoms in total. The van der Waals surface area contributed by atoms with Crippen LogP contribution in [-0.2, 0) is 34.0 Å². The molecule has 11 heteroatoms. The molecule has 0 saturated carbocycles. The van der Waals surface area contributed by atoms with Gasteiger partial charge in [-0.15, -0.1) is 0 Å². The van der Waals surface area contributed by atoms with E-state index in [2.05, 4.69) is 22.9 Å². The molecule has 0 radical (unpaired) electrons. The highest BCUT2D eigenvalue weighted by Crippen LogP contribution is 2.64. The second-order valence-corrected chi connectivity index (χ2v) is 10.9. The third kappa shape index (κ3) is 10.8. The van der Waals surface area contributed by atoms with E-state index in [0.717, 1.165) is 0 Å². The number of carbonyl (C=O) groups is 1. The van der Waals surface area contributed by atoms with Gasteiger partial charge in [-0.2, -0.15) is 0 Å². The van der Waals surface area contributed by atoms with Crippen molar-refractivity contribution in [2.45, 2.75) is 52.6 Å². The number of carbonyl (C=O) groups excluding carboxylic acids is 1. The minimum absolute atomic E-state index is 0.183. The van der Waals surface area contributed by atoms with E-state index in [1.165, 1.54) is 5.56 Å². The molecule has 1 rings (SSSR count). The van der Waals surface area contributed by atoms with Gasteiger partial charge in [0.2, 0.25) is 19.8 Å². The van der Waals surface area contributed by atoms with Crippen LogP contribution < -0.4 is 10.7 Å². The Kier molecular flexibility index (Phi) is 15.2. The topological polar surface area (TPSA) is 98.4 Å². The van der Waals surface area contributed by atoms with E-state index in [1.807, 2.05) is 44.1 Å². The van der Waals surface area contributed by atoms with Crippen molar-refractivity contribution in [1.82, 2.24) is 15.8 Å². The fourth-order valence-corrected chi connectivity index (χ4v) is 7.03. The van der Waals surface area contributed by atoms with Gasteiger partial charge in [0.05, 0.1) is 26.4 Å². The van der Waals surface area contributed by atoms with Gasteiger partial charge in [-0.3, -0.25) is 14.8 Å². The highest BCUT2D eigenvalue weighted by molar-refractivity contribution is 7.69. The Hall–Kier alpha value is -0.890. The molecular formula is C21H39N3O6P2. The lowest BCUT2D eigenvalue weighted by Crippen LogP contribution is -2.37. The Morgan fingerprint density at radius 1 is 1.03 bits per heavy atom. The zero-order valence-electron chi connectivity index (χ0n) is 19.9. The summed E-state index contributed by atoms with van der Waals surface area (Å²) >= 11 is 0. The quantitative estimate of drug-likeness (QED) is 0.230. The number of nitrogens with one attached hydrogen (secondary N) is 2. The molecular weight excluding hydrogens is 452 g/mol. The second kappa shape index (κ2) is 16.7. The van der Waals surface area contributed by atoms with Crippen molar-refractivity contribution in [3.05, 3.63) is 35.9 Å². The summed E-state index contributed by atoms with van der Waals surface area (Å²) in [5.41, 5.74) is 3.50.